The number of primary amides is 1. The average Bonchev–Trinajstić information content (AvgIpc) is 2.42. The van der Waals surface area contributed by atoms with E-state index in [4.69, 9.17) is 17.3 Å². The summed E-state index contributed by atoms with van der Waals surface area (Å²) >= 11 is 5.60. The van der Waals surface area contributed by atoms with Crippen LogP contribution in [0.4, 0.5) is 5.69 Å². The van der Waals surface area contributed by atoms with Crippen molar-refractivity contribution < 1.29 is 24.0 Å². The van der Waals surface area contributed by atoms with E-state index < -0.39 is 41.5 Å². The monoisotopic (exact) mass is 315 g/mol. The zero-order chi connectivity index (χ0) is 16.0. The highest BCUT2D eigenvalue weighted by atomic mass is 35.5. The number of halogens is 1. The topological polar surface area (TPSA) is 142 Å². The molecule has 10 heteroatoms. The minimum absolute atomic E-state index is 0.0474. The molecule has 21 heavy (non-hydrogen) atoms. The molecule has 1 aromatic rings. The lowest BCUT2D eigenvalue weighted by atomic mass is 10.2. The van der Waals surface area contributed by atoms with Crippen LogP contribution in [0.3, 0.4) is 0 Å². The van der Waals surface area contributed by atoms with Gasteiger partial charge in [0.15, 0.2) is 6.61 Å². The fraction of sp³-hybridized carbons (Fsp3) is 0.182. The van der Waals surface area contributed by atoms with Crippen molar-refractivity contribution in [3.05, 3.63) is 38.9 Å². The Bertz CT molecular complexity index is 604. The van der Waals surface area contributed by atoms with Crippen molar-refractivity contribution >= 4 is 35.1 Å². The maximum Gasteiger partial charge on any atom is 0.325 e. The molecule has 112 valence electrons. The first-order valence-corrected chi connectivity index (χ1v) is 5.85. The van der Waals surface area contributed by atoms with E-state index in [0.29, 0.717) is 0 Å². The molecular formula is C11H10ClN3O6. The first-order chi connectivity index (χ1) is 9.81. The molecule has 0 aliphatic rings. The summed E-state index contributed by atoms with van der Waals surface area (Å²) in [6.45, 7) is -1.11. The molecule has 0 saturated heterocycles. The Morgan fingerprint density at radius 3 is 2.62 bits per heavy atom. The van der Waals surface area contributed by atoms with Gasteiger partial charge >= 0.3 is 5.97 Å². The lowest BCUT2D eigenvalue weighted by molar-refractivity contribution is -0.384. The molecule has 0 radical (unpaired) electrons. The summed E-state index contributed by atoms with van der Waals surface area (Å²) in [4.78, 5) is 43.2. The summed E-state index contributed by atoms with van der Waals surface area (Å²) < 4.78 is 4.41. The van der Waals surface area contributed by atoms with Crippen LogP contribution < -0.4 is 11.1 Å². The lowest BCUT2D eigenvalue weighted by Crippen LogP contribution is -2.32. The zero-order valence-electron chi connectivity index (χ0n) is 10.5. The Labute approximate surface area is 123 Å². The van der Waals surface area contributed by atoms with Gasteiger partial charge in [-0.05, 0) is 12.1 Å². The summed E-state index contributed by atoms with van der Waals surface area (Å²) in [6, 6.07) is 3.44. The molecule has 3 N–H and O–H groups in total. The molecule has 9 nitrogen and oxygen atoms in total. The molecule has 0 aliphatic heterocycles. The van der Waals surface area contributed by atoms with E-state index in [9.17, 15) is 24.5 Å². The van der Waals surface area contributed by atoms with E-state index in [1.165, 1.54) is 12.1 Å². The van der Waals surface area contributed by atoms with Gasteiger partial charge < -0.3 is 15.8 Å². The van der Waals surface area contributed by atoms with Crippen molar-refractivity contribution in [1.29, 1.82) is 0 Å². The summed E-state index contributed by atoms with van der Waals surface area (Å²) in [6.07, 6.45) is 0. The minimum Gasteiger partial charge on any atom is -0.454 e. The number of esters is 1. The molecule has 0 heterocycles. The number of hydrogen-bond acceptors (Lipinski definition) is 6. The number of nitrogens with zero attached hydrogens (tertiary/aromatic N) is 1. The molecule has 0 atom stereocenters. The molecule has 2 amide bonds. The van der Waals surface area contributed by atoms with Gasteiger partial charge in [0.25, 0.3) is 17.5 Å². The molecule has 1 aromatic carbocycles. The van der Waals surface area contributed by atoms with Crippen molar-refractivity contribution in [3.8, 4) is 0 Å². The minimum atomic E-state index is -0.870. The predicted molar refractivity (Wildman–Crippen MR) is 70.6 cm³/mol. The highest BCUT2D eigenvalue weighted by molar-refractivity contribution is 6.32. The van der Waals surface area contributed by atoms with E-state index in [1.54, 1.807) is 0 Å². The van der Waals surface area contributed by atoms with Crippen LogP contribution >= 0.6 is 11.6 Å². The van der Waals surface area contributed by atoms with Gasteiger partial charge in [-0.2, -0.15) is 0 Å². The van der Waals surface area contributed by atoms with Crippen molar-refractivity contribution in [1.82, 2.24) is 5.32 Å². The van der Waals surface area contributed by atoms with Crippen molar-refractivity contribution in [2.75, 3.05) is 13.2 Å². The number of carbonyl (C=O) groups excluding carboxylic acids is 3. The highest BCUT2D eigenvalue weighted by Gasteiger charge is 2.17. The first-order valence-electron chi connectivity index (χ1n) is 5.47. The third-order valence-corrected chi connectivity index (χ3v) is 2.49. The maximum absolute atomic E-state index is 11.7. The number of benzene rings is 1. The van der Waals surface area contributed by atoms with E-state index in [2.05, 4.69) is 10.1 Å². The number of nitro groups is 1. The van der Waals surface area contributed by atoms with Gasteiger partial charge in [0.05, 0.1) is 4.92 Å². The fourth-order valence-electron chi connectivity index (χ4n) is 1.25. The van der Waals surface area contributed by atoms with Crippen LogP contribution in [0.1, 0.15) is 10.4 Å². The summed E-state index contributed by atoms with van der Waals surface area (Å²) in [5, 5.41) is 12.7. The zero-order valence-corrected chi connectivity index (χ0v) is 11.3. The Balaban J connectivity index is 2.64. The van der Waals surface area contributed by atoms with Gasteiger partial charge in [-0.3, -0.25) is 24.5 Å². The van der Waals surface area contributed by atoms with Gasteiger partial charge in [0.1, 0.15) is 11.6 Å². The van der Waals surface area contributed by atoms with Crippen molar-refractivity contribution in [3.63, 3.8) is 0 Å². The van der Waals surface area contributed by atoms with Crippen LogP contribution in [0.25, 0.3) is 0 Å². The molecule has 0 aromatic heterocycles. The second-order valence-corrected chi connectivity index (χ2v) is 4.14. The second-order valence-electron chi connectivity index (χ2n) is 3.73. The van der Waals surface area contributed by atoms with Gasteiger partial charge in [0.2, 0.25) is 0 Å². The summed E-state index contributed by atoms with van der Waals surface area (Å²) in [5.74, 6) is -2.43. The van der Waals surface area contributed by atoms with Gasteiger partial charge in [-0.1, -0.05) is 11.6 Å². The van der Waals surface area contributed by atoms with Crippen LogP contribution in [-0.4, -0.2) is 35.9 Å². The third-order valence-electron chi connectivity index (χ3n) is 2.17. The molecule has 0 fully saturated rings. The SMILES string of the molecule is NC(=O)COC(=O)CNC(=O)c1ccc(Cl)c([N+](=O)[O-])c1. The Hall–Kier alpha value is -2.68. The van der Waals surface area contributed by atoms with Crippen LogP contribution in [0.15, 0.2) is 18.2 Å². The standard InChI is InChI=1S/C11H10ClN3O6/c12-7-2-1-6(3-8(7)15(19)20)11(18)14-4-10(17)21-5-9(13)16/h1-3H,4-5H2,(H2,13,16)(H,14,18). The number of rotatable bonds is 6. The largest absolute Gasteiger partial charge is 0.454 e. The molecule has 0 aliphatic carbocycles. The number of nitrogens with one attached hydrogen (secondary N) is 1. The van der Waals surface area contributed by atoms with Crippen LogP contribution in [0.2, 0.25) is 5.02 Å². The molecule has 0 unspecified atom stereocenters. The predicted octanol–water partition coefficient (Wildman–Crippen LogP) is 0.00650. The number of hydrogen-bond donors (Lipinski definition) is 2. The first kappa shape index (κ1) is 16.4. The normalized spacial score (nSPS) is 9.76. The molecule has 0 spiro atoms. The molecular weight excluding hydrogens is 306 g/mol. The van der Waals surface area contributed by atoms with Gasteiger partial charge in [-0.15, -0.1) is 0 Å². The number of carbonyl (C=O) groups is 3. The Kier molecular flexibility index (Phi) is 5.61. The van der Waals surface area contributed by atoms with E-state index in [0.717, 1.165) is 6.07 Å². The van der Waals surface area contributed by atoms with Crippen molar-refractivity contribution in [2.24, 2.45) is 5.73 Å². The van der Waals surface area contributed by atoms with E-state index in [-0.39, 0.29) is 10.6 Å². The number of nitrogens with two attached hydrogens (primary N) is 1. The fourth-order valence-corrected chi connectivity index (χ4v) is 1.44. The molecule has 1 rings (SSSR count). The maximum atomic E-state index is 11.7. The van der Waals surface area contributed by atoms with Crippen LogP contribution in [0, 0.1) is 10.1 Å². The molecule has 0 bridgehead atoms. The quantitative estimate of drug-likeness (QED) is 0.430. The average molecular weight is 316 g/mol. The van der Waals surface area contributed by atoms with Gasteiger partial charge in [0, 0.05) is 11.6 Å². The lowest BCUT2D eigenvalue weighted by Gasteiger charge is -2.05. The van der Waals surface area contributed by atoms with E-state index in [1.807, 2.05) is 0 Å². The van der Waals surface area contributed by atoms with Crippen LogP contribution in [-0.2, 0) is 14.3 Å². The number of ether oxygens (including phenoxy) is 1. The second kappa shape index (κ2) is 7.20. The summed E-state index contributed by atoms with van der Waals surface area (Å²) in [5.41, 5.74) is 4.29. The Morgan fingerprint density at radius 1 is 1.38 bits per heavy atom. The molecule has 0 saturated carbocycles. The highest BCUT2D eigenvalue weighted by Crippen LogP contribution is 2.24. The van der Waals surface area contributed by atoms with Crippen LogP contribution in [0.5, 0.6) is 0 Å². The van der Waals surface area contributed by atoms with Gasteiger partial charge in [-0.25, -0.2) is 0 Å². The number of nitro benzene ring substituents is 1. The Morgan fingerprint density at radius 2 is 2.05 bits per heavy atom. The van der Waals surface area contributed by atoms with E-state index >= 15 is 0 Å². The van der Waals surface area contributed by atoms with Crippen molar-refractivity contribution in [2.45, 2.75) is 0 Å². The third kappa shape index (κ3) is 5.07. The smallest absolute Gasteiger partial charge is 0.325 e. The number of amides is 2. The summed E-state index contributed by atoms with van der Waals surface area (Å²) in [7, 11) is 0.